The Balaban J connectivity index is 2.04. The maximum atomic E-state index is 5.52. The van der Waals surface area contributed by atoms with E-state index in [2.05, 4.69) is 4.99 Å². The molecular formula is C12H16N2O2. The molecule has 1 unspecified atom stereocenters. The van der Waals surface area contributed by atoms with Crippen molar-refractivity contribution >= 4 is 6.02 Å². The van der Waals surface area contributed by atoms with Crippen LogP contribution in [0.5, 0.6) is 5.75 Å². The number of nitrogens with two attached hydrogens (primary N) is 1. The molecule has 2 rings (SSSR count). The van der Waals surface area contributed by atoms with Crippen molar-refractivity contribution in [3.63, 3.8) is 0 Å². The Morgan fingerprint density at radius 3 is 2.62 bits per heavy atom. The third kappa shape index (κ3) is 2.27. The van der Waals surface area contributed by atoms with E-state index in [1.165, 1.54) is 5.56 Å². The van der Waals surface area contributed by atoms with Crippen LogP contribution in [0.3, 0.4) is 0 Å². The van der Waals surface area contributed by atoms with E-state index in [1.807, 2.05) is 31.2 Å². The van der Waals surface area contributed by atoms with Gasteiger partial charge in [0, 0.05) is 6.42 Å². The van der Waals surface area contributed by atoms with Crippen molar-refractivity contribution in [1.29, 1.82) is 0 Å². The lowest BCUT2D eigenvalue weighted by Crippen LogP contribution is -2.33. The molecule has 1 aliphatic heterocycles. The Morgan fingerprint density at radius 2 is 2.12 bits per heavy atom. The normalized spacial score (nSPS) is 23.8. The second-order valence-corrected chi connectivity index (χ2v) is 4.23. The molecule has 0 spiro atoms. The molecule has 86 valence electrons. The van der Waals surface area contributed by atoms with Gasteiger partial charge in [-0.15, -0.1) is 0 Å². The van der Waals surface area contributed by atoms with Crippen LogP contribution in [0.1, 0.15) is 12.5 Å². The van der Waals surface area contributed by atoms with E-state index in [9.17, 15) is 0 Å². The van der Waals surface area contributed by atoms with Crippen LogP contribution < -0.4 is 10.5 Å². The topological polar surface area (TPSA) is 56.8 Å². The van der Waals surface area contributed by atoms with Gasteiger partial charge < -0.3 is 15.2 Å². The molecule has 16 heavy (non-hydrogen) atoms. The highest BCUT2D eigenvalue weighted by atomic mass is 16.5. The van der Waals surface area contributed by atoms with Gasteiger partial charge in [0.15, 0.2) is 0 Å². The summed E-state index contributed by atoms with van der Waals surface area (Å²) in [5.74, 6) is 0.858. The summed E-state index contributed by atoms with van der Waals surface area (Å²) in [5.41, 5.74) is 6.40. The smallest absolute Gasteiger partial charge is 0.282 e. The fourth-order valence-corrected chi connectivity index (χ4v) is 1.83. The van der Waals surface area contributed by atoms with Crippen molar-refractivity contribution in [2.75, 3.05) is 13.7 Å². The minimum atomic E-state index is -0.307. The highest BCUT2D eigenvalue weighted by Gasteiger charge is 2.32. The van der Waals surface area contributed by atoms with Gasteiger partial charge in [-0.05, 0) is 24.6 Å². The van der Waals surface area contributed by atoms with Crippen molar-refractivity contribution in [3.8, 4) is 5.75 Å². The van der Waals surface area contributed by atoms with Crippen molar-refractivity contribution in [1.82, 2.24) is 0 Å². The lowest BCUT2D eigenvalue weighted by molar-refractivity contribution is 0.107. The van der Waals surface area contributed by atoms with Gasteiger partial charge in [0.1, 0.15) is 11.4 Å². The Hall–Kier alpha value is -1.71. The summed E-state index contributed by atoms with van der Waals surface area (Å²) in [5, 5.41) is 0. The quantitative estimate of drug-likeness (QED) is 0.836. The third-order valence-electron chi connectivity index (χ3n) is 2.66. The number of nitrogens with zero attached hydrogens (tertiary/aromatic N) is 1. The lowest BCUT2D eigenvalue weighted by atomic mass is 9.97. The van der Waals surface area contributed by atoms with Crippen molar-refractivity contribution in [3.05, 3.63) is 29.8 Å². The van der Waals surface area contributed by atoms with Crippen LogP contribution in [-0.4, -0.2) is 25.3 Å². The summed E-state index contributed by atoms with van der Waals surface area (Å²) in [4.78, 5) is 4.07. The predicted octanol–water partition coefficient (Wildman–Crippen LogP) is 1.34. The molecule has 1 atom stereocenters. The molecule has 1 heterocycles. The first-order chi connectivity index (χ1) is 7.61. The van der Waals surface area contributed by atoms with E-state index in [0.717, 1.165) is 12.2 Å². The molecule has 4 nitrogen and oxygen atoms in total. The second-order valence-electron chi connectivity index (χ2n) is 4.23. The summed E-state index contributed by atoms with van der Waals surface area (Å²) in [6.07, 6.45) is 0.793. The van der Waals surface area contributed by atoms with Gasteiger partial charge >= 0.3 is 0 Å². The molecule has 0 saturated carbocycles. The number of hydrogen-bond acceptors (Lipinski definition) is 4. The molecule has 0 bridgehead atoms. The zero-order valence-electron chi connectivity index (χ0n) is 9.56. The van der Waals surface area contributed by atoms with Gasteiger partial charge in [-0.2, -0.15) is 0 Å². The first-order valence-electron chi connectivity index (χ1n) is 5.23. The van der Waals surface area contributed by atoms with Crippen LogP contribution >= 0.6 is 0 Å². The lowest BCUT2D eigenvalue weighted by Gasteiger charge is -2.22. The predicted molar refractivity (Wildman–Crippen MR) is 62.7 cm³/mol. The molecule has 1 aromatic rings. The standard InChI is InChI=1S/C12H16N2O2/c1-12(8-14-11(13)16-12)7-9-3-5-10(15-2)6-4-9/h3-6H,7-8H2,1-2H3,(H2,13,14). The minimum Gasteiger partial charge on any atom is -0.497 e. The Kier molecular flexibility index (Phi) is 2.73. The van der Waals surface area contributed by atoms with Gasteiger partial charge in [-0.3, -0.25) is 0 Å². The second kappa shape index (κ2) is 4.04. The number of rotatable bonds is 3. The maximum absolute atomic E-state index is 5.52. The van der Waals surface area contributed by atoms with E-state index in [-0.39, 0.29) is 11.6 Å². The average molecular weight is 220 g/mol. The number of benzene rings is 1. The molecule has 0 aromatic heterocycles. The average Bonchev–Trinajstić information content (AvgIpc) is 2.59. The third-order valence-corrected chi connectivity index (χ3v) is 2.66. The van der Waals surface area contributed by atoms with Gasteiger partial charge in [0.05, 0.1) is 13.7 Å². The highest BCUT2D eigenvalue weighted by molar-refractivity contribution is 5.73. The number of methoxy groups -OCH3 is 1. The van der Waals surface area contributed by atoms with Crippen LogP contribution in [0.25, 0.3) is 0 Å². The molecule has 0 radical (unpaired) electrons. The summed E-state index contributed by atoms with van der Waals surface area (Å²) in [6.45, 7) is 2.63. The molecule has 2 N–H and O–H groups in total. The molecule has 4 heteroatoms. The van der Waals surface area contributed by atoms with Gasteiger partial charge in [0.2, 0.25) is 0 Å². The van der Waals surface area contributed by atoms with Crippen molar-refractivity contribution in [2.24, 2.45) is 10.7 Å². The monoisotopic (exact) mass is 220 g/mol. The Morgan fingerprint density at radius 1 is 1.44 bits per heavy atom. The first-order valence-corrected chi connectivity index (χ1v) is 5.23. The van der Waals surface area contributed by atoms with Gasteiger partial charge in [-0.1, -0.05) is 12.1 Å². The number of hydrogen-bond donors (Lipinski definition) is 1. The van der Waals surface area contributed by atoms with E-state index < -0.39 is 0 Å². The van der Waals surface area contributed by atoms with Crippen LogP contribution in [0.2, 0.25) is 0 Å². The minimum absolute atomic E-state index is 0.288. The Labute approximate surface area is 95.1 Å². The molecule has 0 saturated heterocycles. The molecular weight excluding hydrogens is 204 g/mol. The van der Waals surface area contributed by atoms with Gasteiger partial charge in [0.25, 0.3) is 6.02 Å². The fourth-order valence-electron chi connectivity index (χ4n) is 1.83. The fraction of sp³-hybridized carbons (Fsp3) is 0.417. The van der Waals surface area contributed by atoms with Gasteiger partial charge in [-0.25, -0.2) is 4.99 Å². The van der Waals surface area contributed by atoms with E-state index in [0.29, 0.717) is 6.54 Å². The zero-order valence-corrected chi connectivity index (χ0v) is 9.56. The summed E-state index contributed by atoms with van der Waals surface area (Å²) in [7, 11) is 1.66. The number of amidine groups is 1. The number of aliphatic imine (C=N–C) groups is 1. The van der Waals surface area contributed by atoms with Crippen LogP contribution in [-0.2, 0) is 11.2 Å². The van der Waals surface area contributed by atoms with Crippen LogP contribution in [0, 0.1) is 0 Å². The molecule has 1 aromatic carbocycles. The van der Waals surface area contributed by atoms with Crippen LogP contribution in [0.15, 0.2) is 29.3 Å². The maximum Gasteiger partial charge on any atom is 0.282 e. The highest BCUT2D eigenvalue weighted by Crippen LogP contribution is 2.23. The SMILES string of the molecule is COc1ccc(CC2(C)CN=C(N)O2)cc1. The molecule has 1 aliphatic rings. The molecule has 0 aliphatic carbocycles. The van der Waals surface area contributed by atoms with E-state index in [1.54, 1.807) is 7.11 Å². The molecule has 0 fully saturated rings. The zero-order chi connectivity index (χ0) is 11.6. The Bertz CT molecular complexity index is 400. The van der Waals surface area contributed by atoms with E-state index in [4.69, 9.17) is 15.2 Å². The van der Waals surface area contributed by atoms with Crippen molar-refractivity contribution in [2.45, 2.75) is 18.9 Å². The van der Waals surface area contributed by atoms with Crippen molar-refractivity contribution < 1.29 is 9.47 Å². The van der Waals surface area contributed by atoms with Crippen LogP contribution in [0.4, 0.5) is 0 Å². The summed E-state index contributed by atoms with van der Waals surface area (Å²) in [6, 6.07) is 8.23. The number of ether oxygens (including phenoxy) is 2. The first kappa shape index (κ1) is 10.8. The summed E-state index contributed by atoms with van der Waals surface area (Å²) < 4.78 is 10.6. The summed E-state index contributed by atoms with van der Waals surface area (Å²) >= 11 is 0. The molecule has 0 amide bonds. The largest absolute Gasteiger partial charge is 0.497 e. The van der Waals surface area contributed by atoms with E-state index >= 15 is 0 Å².